The molecule has 1 aromatic heterocycles. The molecule has 7 N–H and O–H groups in total. The first-order valence-electron chi connectivity index (χ1n) is 9.29. The van der Waals surface area contributed by atoms with Crippen LogP contribution in [0.5, 0.6) is 0 Å². The van der Waals surface area contributed by atoms with Crippen LogP contribution in [0.2, 0.25) is 0 Å². The van der Waals surface area contributed by atoms with Gasteiger partial charge in [0.25, 0.3) is 0 Å². The largest absolute Gasteiger partial charge is 0.394 e. The fourth-order valence-electron chi connectivity index (χ4n) is 2.80. The lowest BCUT2D eigenvalue weighted by Gasteiger charge is -2.29. The molecule has 0 aliphatic rings. The third kappa shape index (κ3) is 7.99. The summed E-state index contributed by atoms with van der Waals surface area (Å²) in [7, 11) is 0. The topological polar surface area (TPSA) is 194 Å². The molecule has 168 valence electrons. The van der Waals surface area contributed by atoms with Crippen LogP contribution in [0.4, 0.5) is 0 Å². The molecule has 0 saturated carbocycles. The van der Waals surface area contributed by atoms with E-state index in [0.29, 0.717) is 5.69 Å². The van der Waals surface area contributed by atoms with Crippen LogP contribution in [0.15, 0.2) is 12.4 Å². The minimum absolute atomic E-state index is 0.0166. The molecule has 0 radical (unpaired) electrons. The number of hydrogen-bond acceptors (Lipinski definition) is 9. The molecule has 0 saturated heterocycles. The molecule has 0 aromatic carbocycles. The number of nitrogens with zero attached hydrogens (tertiary/aromatic N) is 2. The molecule has 1 aromatic rings. The van der Waals surface area contributed by atoms with Gasteiger partial charge in [-0.3, -0.25) is 24.4 Å². The lowest BCUT2D eigenvalue weighted by molar-refractivity contribution is -0.122. The molecule has 5 atom stereocenters. The van der Waals surface area contributed by atoms with E-state index in [1.54, 1.807) is 0 Å². The van der Waals surface area contributed by atoms with Gasteiger partial charge in [0.1, 0.15) is 12.1 Å². The molecular formula is C18H29N5O7. The number of rotatable bonds is 11. The Kier molecular flexibility index (Phi) is 10.3. The fourth-order valence-corrected chi connectivity index (χ4v) is 2.80. The van der Waals surface area contributed by atoms with Crippen LogP contribution in [-0.2, 0) is 20.8 Å². The van der Waals surface area contributed by atoms with Crippen LogP contribution in [0.1, 0.15) is 38.2 Å². The zero-order valence-corrected chi connectivity index (χ0v) is 17.1. The minimum atomic E-state index is -1.40. The fraction of sp³-hybridized carbons (Fsp3) is 0.611. The maximum Gasteiger partial charge on any atom is 0.217 e. The van der Waals surface area contributed by atoms with Gasteiger partial charge in [-0.1, -0.05) is 0 Å². The second kappa shape index (κ2) is 12.1. The number of carbonyl (C=O) groups excluding carboxylic acids is 3. The van der Waals surface area contributed by atoms with Crippen LogP contribution in [-0.4, -0.2) is 85.6 Å². The van der Waals surface area contributed by atoms with Crippen molar-refractivity contribution >= 4 is 17.7 Å². The number of amides is 3. The predicted molar refractivity (Wildman–Crippen MR) is 104 cm³/mol. The summed E-state index contributed by atoms with van der Waals surface area (Å²) < 4.78 is 0. The Morgan fingerprint density at radius 3 is 1.83 bits per heavy atom. The van der Waals surface area contributed by atoms with Gasteiger partial charge in [-0.05, 0) is 0 Å². The summed E-state index contributed by atoms with van der Waals surface area (Å²) in [6, 6.07) is -2.99. The van der Waals surface area contributed by atoms with E-state index in [9.17, 15) is 34.8 Å². The molecule has 0 aliphatic heterocycles. The molecule has 30 heavy (non-hydrogen) atoms. The number of aliphatic hydroxyl groups is 4. The molecule has 0 aliphatic carbocycles. The standard InChI is InChI=1S/C18H29N5O7/c1-9(26)21-14(7-24)16(29)4-12-5-20-13(6-19-12)17(23-11(3)28)18(30)15(8-25)22-10(2)27/h5-6,14-18,24-25,29-30H,4,7-8H2,1-3H3,(H,21,26)(H,22,27)(H,23,28)/t14-,15-,16+,17-,18-/m1/s1. The Morgan fingerprint density at radius 1 is 0.867 bits per heavy atom. The van der Waals surface area contributed by atoms with Crippen molar-refractivity contribution in [2.24, 2.45) is 0 Å². The average Bonchev–Trinajstić information content (AvgIpc) is 2.68. The molecular weight excluding hydrogens is 398 g/mol. The van der Waals surface area contributed by atoms with Crippen LogP contribution in [0.25, 0.3) is 0 Å². The van der Waals surface area contributed by atoms with Crippen LogP contribution in [0, 0.1) is 0 Å². The SMILES string of the molecule is CC(=O)N[C@H](c1cnc(C[C@H](O)[C@@H](CO)NC(C)=O)cn1)[C@H](O)[C@@H](CO)NC(C)=O. The van der Waals surface area contributed by atoms with Gasteiger partial charge in [-0.2, -0.15) is 0 Å². The van der Waals surface area contributed by atoms with E-state index < -0.39 is 61.3 Å². The van der Waals surface area contributed by atoms with Crippen molar-refractivity contribution in [1.29, 1.82) is 0 Å². The van der Waals surface area contributed by atoms with Crippen molar-refractivity contribution in [3.05, 3.63) is 23.8 Å². The van der Waals surface area contributed by atoms with Crippen molar-refractivity contribution in [1.82, 2.24) is 25.9 Å². The maximum absolute atomic E-state index is 11.6. The zero-order valence-electron chi connectivity index (χ0n) is 17.1. The van der Waals surface area contributed by atoms with E-state index in [0.717, 1.165) is 0 Å². The first-order chi connectivity index (χ1) is 14.1. The van der Waals surface area contributed by atoms with Gasteiger partial charge in [0, 0.05) is 33.4 Å². The highest BCUT2D eigenvalue weighted by atomic mass is 16.3. The highest BCUT2D eigenvalue weighted by molar-refractivity contribution is 5.74. The summed E-state index contributed by atoms with van der Waals surface area (Å²) >= 11 is 0. The molecule has 1 rings (SSSR count). The van der Waals surface area contributed by atoms with E-state index in [4.69, 9.17) is 0 Å². The normalized spacial score (nSPS) is 16.0. The molecule has 0 spiro atoms. The summed E-state index contributed by atoms with van der Waals surface area (Å²) in [5.41, 5.74) is 0.506. The van der Waals surface area contributed by atoms with E-state index >= 15 is 0 Å². The number of hydrogen-bond donors (Lipinski definition) is 7. The monoisotopic (exact) mass is 427 g/mol. The summed E-state index contributed by atoms with van der Waals surface area (Å²) in [6.07, 6.45) is 0.0632. The molecule has 0 fully saturated rings. The average molecular weight is 427 g/mol. The Balaban J connectivity index is 2.99. The second-order valence-electron chi connectivity index (χ2n) is 6.85. The van der Waals surface area contributed by atoms with Gasteiger partial charge >= 0.3 is 0 Å². The zero-order chi connectivity index (χ0) is 22.8. The number of aliphatic hydroxyl groups excluding tert-OH is 4. The Hall–Kier alpha value is -2.67. The number of nitrogens with one attached hydrogen (secondary N) is 3. The summed E-state index contributed by atoms with van der Waals surface area (Å²) in [5.74, 6) is -1.34. The number of carbonyl (C=O) groups is 3. The minimum Gasteiger partial charge on any atom is -0.394 e. The lowest BCUT2D eigenvalue weighted by Crippen LogP contribution is -2.51. The summed E-state index contributed by atoms with van der Waals surface area (Å²) in [5, 5.41) is 46.8. The van der Waals surface area contributed by atoms with Crippen molar-refractivity contribution in [2.45, 2.75) is 57.5 Å². The second-order valence-corrected chi connectivity index (χ2v) is 6.85. The lowest BCUT2D eigenvalue weighted by atomic mass is 10.00. The first kappa shape index (κ1) is 25.4. The molecule has 12 nitrogen and oxygen atoms in total. The van der Waals surface area contributed by atoms with Gasteiger partial charge in [-0.25, -0.2) is 0 Å². The van der Waals surface area contributed by atoms with E-state index in [-0.39, 0.29) is 12.1 Å². The third-order valence-electron chi connectivity index (χ3n) is 4.21. The summed E-state index contributed by atoms with van der Waals surface area (Å²) in [4.78, 5) is 42.3. The van der Waals surface area contributed by atoms with Gasteiger partial charge in [0.15, 0.2) is 0 Å². The molecule has 0 unspecified atom stereocenters. The molecule has 1 heterocycles. The van der Waals surface area contributed by atoms with Gasteiger partial charge in [0.05, 0.1) is 49.0 Å². The van der Waals surface area contributed by atoms with Crippen LogP contribution in [0.3, 0.4) is 0 Å². The number of aromatic nitrogens is 2. The van der Waals surface area contributed by atoms with E-state index in [1.165, 1.54) is 33.2 Å². The van der Waals surface area contributed by atoms with E-state index in [2.05, 4.69) is 25.9 Å². The van der Waals surface area contributed by atoms with Gasteiger partial charge in [-0.15, -0.1) is 0 Å². The maximum atomic E-state index is 11.6. The summed E-state index contributed by atoms with van der Waals surface area (Å²) in [6.45, 7) is 2.69. The highest BCUT2D eigenvalue weighted by Gasteiger charge is 2.31. The molecule has 0 bridgehead atoms. The Morgan fingerprint density at radius 2 is 1.40 bits per heavy atom. The highest BCUT2D eigenvalue weighted by Crippen LogP contribution is 2.18. The van der Waals surface area contributed by atoms with Crippen molar-refractivity contribution in [2.75, 3.05) is 13.2 Å². The Bertz CT molecular complexity index is 715. The van der Waals surface area contributed by atoms with Gasteiger partial charge < -0.3 is 36.4 Å². The molecule has 12 heteroatoms. The smallest absolute Gasteiger partial charge is 0.217 e. The molecule has 3 amide bonds. The third-order valence-corrected chi connectivity index (χ3v) is 4.21. The van der Waals surface area contributed by atoms with Crippen LogP contribution >= 0.6 is 0 Å². The van der Waals surface area contributed by atoms with E-state index in [1.807, 2.05) is 0 Å². The van der Waals surface area contributed by atoms with Crippen molar-refractivity contribution in [3.8, 4) is 0 Å². The van der Waals surface area contributed by atoms with Crippen LogP contribution < -0.4 is 16.0 Å². The quantitative estimate of drug-likeness (QED) is 0.192. The Labute approximate surface area is 173 Å². The van der Waals surface area contributed by atoms with Crippen molar-refractivity contribution < 1.29 is 34.8 Å². The van der Waals surface area contributed by atoms with Crippen molar-refractivity contribution in [3.63, 3.8) is 0 Å². The van der Waals surface area contributed by atoms with Gasteiger partial charge in [0.2, 0.25) is 17.7 Å². The predicted octanol–water partition coefficient (Wildman–Crippen LogP) is -3.09. The first-order valence-corrected chi connectivity index (χ1v) is 9.29.